The molecule has 2 nitrogen and oxygen atoms in total. The maximum Gasteiger partial charge on any atom is 0.338 e. The van der Waals surface area contributed by atoms with E-state index in [1.54, 1.807) is 0 Å². The van der Waals surface area contributed by atoms with Crippen LogP contribution in [0.2, 0.25) is 12.1 Å². The van der Waals surface area contributed by atoms with Gasteiger partial charge in [-0.15, -0.1) is 0 Å². The molecule has 0 aromatic rings. The molecule has 0 bridgehead atoms. The standard InChI is InChI=1S/C10H16Br4O2Si/c1-3-17(4-2,15-7-9(13)5-11)16-8-10(14)6-12/h5-6H,3-4,7-8H2,1-2H3. The molecule has 0 N–H and O–H groups in total. The Balaban J connectivity index is 4.44. The molecule has 0 radical (unpaired) electrons. The third-order valence-corrected chi connectivity index (χ3v) is 9.01. The van der Waals surface area contributed by atoms with Crippen LogP contribution in [0.1, 0.15) is 13.8 Å². The highest BCUT2D eigenvalue weighted by Crippen LogP contribution is 2.23. The van der Waals surface area contributed by atoms with Crippen molar-refractivity contribution in [2.75, 3.05) is 13.2 Å². The minimum atomic E-state index is -2.08. The molecule has 0 aliphatic carbocycles. The summed E-state index contributed by atoms with van der Waals surface area (Å²) in [6, 6.07) is 1.88. The van der Waals surface area contributed by atoms with Gasteiger partial charge in [-0.1, -0.05) is 77.6 Å². The number of hydrogen-bond acceptors (Lipinski definition) is 2. The van der Waals surface area contributed by atoms with Gasteiger partial charge in [0, 0.05) is 8.96 Å². The van der Waals surface area contributed by atoms with E-state index in [0.717, 1.165) is 21.1 Å². The zero-order chi connectivity index (χ0) is 13.3. The van der Waals surface area contributed by atoms with Gasteiger partial charge in [0.15, 0.2) is 0 Å². The Labute approximate surface area is 138 Å². The molecule has 7 heteroatoms. The van der Waals surface area contributed by atoms with E-state index in [0.29, 0.717) is 13.2 Å². The van der Waals surface area contributed by atoms with Gasteiger partial charge in [0.2, 0.25) is 0 Å². The third kappa shape index (κ3) is 7.64. The minimum absolute atomic E-state index is 0.550. The average molecular weight is 516 g/mol. The van der Waals surface area contributed by atoms with Crippen LogP contribution in [0.5, 0.6) is 0 Å². The molecule has 0 spiro atoms. The lowest BCUT2D eigenvalue weighted by molar-refractivity contribution is 0.200. The summed E-state index contributed by atoms with van der Waals surface area (Å²) in [4.78, 5) is 3.62. The van der Waals surface area contributed by atoms with E-state index in [4.69, 9.17) is 8.85 Å². The Kier molecular flexibility index (Phi) is 11.3. The van der Waals surface area contributed by atoms with E-state index < -0.39 is 8.56 Å². The van der Waals surface area contributed by atoms with Crippen LogP contribution >= 0.6 is 63.7 Å². The summed E-state index contributed by atoms with van der Waals surface area (Å²) >= 11 is 13.3. The molecule has 17 heavy (non-hydrogen) atoms. The second-order valence-electron chi connectivity index (χ2n) is 3.31. The first kappa shape index (κ1) is 18.5. The summed E-state index contributed by atoms with van der Waals surface area (Å²) in [5.41, 5.74) is 0. The Morgan fingerprint density at radius 3 is 1.53 bits per heavy atom. The fourth-order valence-electron chi connectivity index (χ4n) is 1.16. The summed E-state index contributed by atoms with van der Waals surface area (Å²) in [6.07, 6.45) is 0. The maximum atomic E-state index is 5.98. The SMILES string of the molecule is CC[Si](CC)(OCC(Br)=CBr)OCC(Br)=CBr. The van der Waals surface area contributed by atoms with Gasteiger partial charge in [-0.05, 0) is 22.1 Å². The summed E-state index contributed by atoms with van der Waals surface area (Å²) in [5, 5.41) is 0. The Bertz CT molecular complexity index is 253. The van der Waals surface area contributed by atoms with Gasteiger partial charge in [-0.25, -0.2) is 0 Å². The van der Waals surface area contributed by atoms with Crippen LogP contribution in [0, 0.1) is 0 Å². The fourth-order valence-corrected chi connectivity index (χ4v) is 4.32. The molecule has 100 valence electrons. The number of hydrogen-bond donors (Lipinski definition) is 0. The second kappa shape index (κ2) is 10.3. The van der Waals surface area contributed by atoms with Crippen molar-refractivity contribution in [3.8, 4) is 0 Å². The van der Waals surface area contributed by atoms with Crippen molar-refractivity contribution in [3.05, 3.63) is 18.9 Å². The van der Waals surface area contributed by atoms with Crippen molar-refractivity contribution >= 4 is 72.3 Å². The van der Waals surface area contributed by atoms with E-state index in [1.165, 1.54) is 0 Å². The summed E-state index contributed by atoms with van der Waals surface area (Å²) in [5.74, 6) is 0. The number of rotatable bonds is 8. The Morgan fingerprint density at radius 1 is 0.941 bits per heavy atom. The molecule has 0 aliphatic heterocycles. The van der Waals surface area contributed by atoms with Crippen LogP contribution in [0.4, 0.5) is 0 Å². The van der Waals surface area contributed by atoms with Crippen molar-refractivity contribution in [1.29, 1.82) is 0 Å². The predicted molar refractivity (Wildman–Crippen MR) is 90.5 cm³/mol. The summed E-state index contributed by atoms with van der Waals surface area (Å²) in [7, 11) is -2.08. The molecule has 0 aliphatic rings. The van der Waals surface area contributed by atoms with E-state index >= 15 is 0 Å². The highest BCUT2D eigenvalue weighted by Gasteiger charge is 2.33. The van der Waals surface area contributed by atoms with Crippen molar-refractivity contribution in [3.63, 3.8) is 0 Å². The quantitative estimate of drug-likeness (QED) is 0.382. The van der Waals surface area contributed by atoms with Crippen LogP contribution in [0.3, 0.4) is 0 Å². The lowest BCUT2D eigenvalue weighted by atomic mass is 10.7. The first-order chi connectivity index (χ1) is 8.03. The lowest BCUT2D eigenvalue weighted by Gasteiger charge is -2.28. The van der Waals surface area contributed by atoms with E-state index in [9.17, 15) is 0 Å². The molecular formula is C10H16Br4O2Si. The van der Waals surface area contributed by atoms with Crippen molar-refractivity contribution in [1.82, 2.24) is 0 Å². The molecule has 0 fully saturated rings. The van der Waals surface area contributed by atoms with Gasteiger partial charge >= 0.3 is 8.56 Å². The average Bonchev–Trinajstić information content (AvgIpc) is 2.38. The zero-order valence-electron chi connectivity index (χ0n) is 9.81. The first-order valence-electron chi connectivity index (χ1n) is 5.21. The minimum Gasteiger partial charge on any atom is -0.389 e. The molecule has 0 atom stereocenters. The van der Waals surface area contributed by atoms with Gasteiger partial charge in [-0.3, -0.25) is 0 Å². The van der Waals surface area contributed by atoms with E-state index in [-0.39, 0.29) is 0 Å². The topological polar surface area (TPSA) is 18.5 Å². The van der Waals surface area contributed by atoms with Gasteiger partial charge in [0.1, 0.15) is 0 Å². The van der Waals surface area contributed by atoms with Crippen LogP contribution in [-0.2, 0) is 8.85 Å². The normalized spacial score (nSPS) is 14.2. The van der Waals surface area contributed by atoms with Crippen LogP contribution < -0.4 is 0 Å². The largest absolute Gasteiger partial charge is 0.389 e. The van der Waals surface area contributed by atoms with E-state index in [1.807, 2.05) is 9.97 Å². The van der Waals surface area contributed by atoms with Crippen LogP contribution in [0.15, 0.2) is 18.9 Å². The zero-order valence-corrected chi connectivity index (χ0v) is 17.2. The highest BCUT2D eigenvalue weighted by atomic mass is 79.9. The molecule has 0 aromatic heterocycles. The molecule has 0 saturated heterocycles. The Hall–Kier alpha value is 1.54. The fraction of sp³-hybridized carbons (Fsp3) is 0.600. The van der Waals surface area contributed by atoms with Crippen molar-refractivity contribution < 1.29 is 8.85 Å². The molecule has 0 unspecified atom stereocenters. The van der Waals surface area contributed by atoms with Crippen molar-refractivity contribution in [2.45, 2.75) is 25.9 Å². The summed E-state index contributed by atoms with van der Waals surface area (Å²) < 4.78 is 13.9. The van der Waals surface area contributed by atoms with E-state index in [2.05, 4.69) is 77.6 Å². The Morgan fingerprint density at radius 2 is 1.29 bits per heavy atom. The maximum absolute atomic E-state index is 5.98. The van der Waals surface area contributed by atoms with Gasteiger partial charge in [0.05, 0.1) is 13.2 Å². The second-order valence-corrected chi connectivity index (χ2v) is 10.1. The molecule has 0 aromatic carbocycles. The van der Waals surface area contributed by atoms with Gasteiger partial charge in [-0.2, -0.15) is 0 Å². The first-order valence-corrected chi connectivity index (χ1v) is 10.9. The van der Waals surface area contributed by atoms with Crippen LogP contribution in [-0.4, -0.2) is 21.8 Å². The van der Waals surface area contributed by atoms with Crippen molar-refractivity contribution in [2.24, 2.45) is 0 Å². The molecular weight excluding hydrogens is 500 g/mol. The van der Waals surface area contributed by atoms with Gasteiger partial charge < -0.3 is 8.85 Å². The molecule has 0 saturated carbocycles. The smallest absolute Gasteiger partial charge is 0.338 e. The monoisotopic (exact) mass is 512 g/mol. The third-order valence-electron chi connectivity index (χ3n) is 2.26. The molecule has 0 amide bonds. The molecule has 0 rings (SSSR count). The lowest BCUT2D eigenvalue weighted by Crippen LogP contribution is -2.41. The highest BCUT2D eigenvalue weighted by molar-refractivity contribution is 9.14. The predicted octanol–water partition coefficient (Wildman–Crippen LogP) is 5.76. The van der Waals surface area contributed by atoms with Gasteiger partial charge in [0.25, 0.3) is 0 Å². The van der Waals surface area contributed by atoms with Crippen LogP contribution in [0.25, 0.3) is 0 Å². The molecule has 0 heterocycles. The number of halogens is 4. The summed E-state index contributed by atoms with van der Waals surface area (Å²) in [6.45, 7) is 5.34.